The standard InChI is InChI=1S/C12H23NO3/c1-4-9(2)8-11(14)13-7-5-6-10(3)12(15)16/h9-10H,4-8H2,1-3H3,(H,13,14)(H,15,16). The minimum Gasteiger partial charge on any atom is -0.481 e. The van der Waals surface area contributed by atoms with Crippen LogP contribution in [0.3, 0.4) is 0 Å². The van der Waals surface area contributed by atoms with E-state index in [-0.39, 0.29) is 11.8 Å². The van der Waals surface area contributed by atoms with Crippen LogP contribution in [-0.4, -0.2) is 23.5 Å². The van der Waals surface area contributed by atoms with Crippen molar-refractivity contribution in [2.45, 2.75) is 46.5 Å². The third-order valence-corrected chi connectivity index (χ3v) is 2.79. The molecule has 0 radical (unpaired) electrons. The largest absolute Gasteiger partial charge is 0.481 e. The van der Waals surface area contributed by atoms with Gasteiger partial charge < -0.3 is 10.4 Å². The van der Waals surface area contributed by atoms with Gasteiger partial charge in [0.15, 0.2) is 0 Å². The average Bonchev–Trinajstić information content (AvgIpc) is 2.23. The van der Waals surface area contributed by atoms with Gasteiger partial charge in [-0.15, -0.1) is 0 Å². The predicted molar refractivity (Wildman–Crippen MR) is 63.1 cm³/mol. The van der Waals surface area contributed by atoms with Crippen molar-refractivity contribution in [3.63, 3.8) is 0 Å². The first-order chi connectivity index (χ1) is 7.47. The Labute approximate surface area is 97.4 Å². The highest BCUT2D eigenvalue weighted by molar-refractivity contribution is 5.76. The van der Waals surface area contributed by atoms with E-state index >= 15 is 0 Å². The molecule has 0 fully saturated rings. The minimum absolute atomic E-state index is 0.0670. The molecule has 0 rings (SSSR count). The number of rotatable bonds is 8. The number of nitrogens with one attached hydrogen (secondary N) is 1. The number of carboxylic acids is 1. The number of hydrogen-bond acceptors (Lipinski definition) is 2. The Kier molecular flexibility index (Phi) is 7.60. The summed E-state index contributed by atoms with van der Waals surface area (Å²) in [5.41, 5.74) is 0. The van der Waals surface area contributed by atoms with Crippen molar-refractivity contribution < 1.29 is 14.7 Å². The molecule has 0 saturated heterocycles. The molecule has 0 aromatic rings. The van der Waals surface area contributed by atoms with E-state index in [1.807, 2.05) is 6.92 Å². The van der Waals surface area contributed by atoms with Crippen molar-refractivity contribution in [3.8, 4) is 0 Å². The van der Waals surface area contributed by atoms with Crippen molar-refractivity contribution in [1.29, 1.82) is 0 Å². The summed E-state index contributed by atoms with van der Waals surface area (Å²) in [7, 11) is 0. The van der Waals surface area contributed by atoms with Gasteiger partial charge in [-0.05, 0) is 18.8 Å². The summed E-state index contributed by atoms with van der Waals surface area (Å²) in [5.74, 6) is -0.618. The zero-order valence-corrected chi connectivity index (χ0v) is 10.5. The molecule has 94 valence electrons. The summed E-state index contributed by atoms with van der Waals surface area (Å²) in [4.78, 5) is 21.9. The van der Waals surface area contributed by atoms with Gasteiger partial charge in [-0.1, -0.05) is 27.2 Å². The predicted octanol–water partition coefficient (Wildman–Crippen LogP) is 2.04. The van der Waals surface area contributed by atoms with Crippen LogP contribution >= 0.6 is 0 Å². The van der Waals surface area contributed by atoms with E-state index < -0.39 is 5.97 Å². The maximum atomic E-state index is 11.4. The molecule has 2 unspecified atom stereocenters. The molecule has 0 bridgehead atoms. The molecule has 0 aliphatic carbocycles. The van der Waals surface area contributed by atoms with Crippen LogP contribution < -0.4 is 5.32 Å². The van der Waals surface area contributed by atoms with Gasteiger partial charge in [0.2, 0.25) is 5.91 Å². The average molecular weight is 229 g/mol. The van der Waals surface area contributed by atoms with Crippen LogP contribution in [0.5, 0.6) is 0 Å². The van der Waals surface area contributed by atoms with Crippen molar-refractivity contribution in [3.05, 3.63) is 0 Å². The first-order valence-corrected chi connectivity index (χ1v) is 5.96. The number of carbonyl (C=O) groups is 2. The van der Waals surface area contributed by atoms with Crippen molar-refractivity contribution in [2.75, 3.05) is 6.54 Å². The van der Waals surface area contributed by atoms with Gasteiger partial charge in [0, 0.05) is 13.0 Å². The fraction of sp³-hybridized carbons (Fsp3) is 0.833. The van der Waals surface area contributed by atoms with E-state index in [0.717, 1.165) is 12.8 Å². The van der Waals surface area contributed by atoms with Gasteiger partial charge in [-0.25, -0.2) is 0 Å². The van der Waals surface area contributed by atoms with Crippen LogP contribution in [0.1, 0.15) is 46.5 Å². The van der Waals surface area contributed by atoms with Crippen molar-refractivity contribution >= 4 is 11.9 Å². The molecular formula is C12H23NO3. The second-order valence-corrected chi connectivity index (χ2v) is 4.45. The summed E-state index contributed by atoms with van der Waals surface area (Å²) in [5, 5.41) is 11.5. The van der Waals surface area contributed by atoms with E-state index in [1.54, 1.807) is 6.92 Å². The second kappa shape index (κ2) is 8.13. The van der Waals surface area contributed by atoms with Gasteiger partial charge in [-0.2, -0.15) is 0 Å². The Bertz CT molecular complexity index is 228. The molecule has 0 aliphatic heterocycles. The number of carboxylic acid groups (broad SMARTS) is 1. The Balaban J connectivity index is 3.52. The molecule has 0 heterocycles. The number of carbonyl (C=O) groups excluding carboxylic acids is 1. The first-order valence-electron chi connectivity index (χ1n) is 5.96. The van der Waals surface area contributed by atoms with E-state index in [4.69, 9.17) is 5.11 Å². The fourth-order valence-electron chi connectivity index (χ4n) is 1.29. The highest BCUT2D eigenvalue weighted by Gasteiger charge is 2.10. The summed E-state index contributed by atoms with van der Waals surface area (Å²) in [6.45, 7) is 6.37. The van der Waals surface area contributed by atoms with E-state index in [2.05, 4.69) is 12.2 Å². The van der Waals surface area contributed by atoms with Crippen LogP contribution in [0.2, 0.25) is 0 Å². The lowest BCUT2D eigenvalue weighted by Crippen LogP contribution is -2.26. The lowest BCUT2D eigenvalue weighted by Gasteiger charge is -2.10. The Morgan fingerprint density at radius 3 is 2.44 bits per heavy atom. The van der Waals surface area contributed by atoms with Crippen LogP contribution in [0.4, 0.5) is 0 Å². The highest BCUT2D eigenvalue weighted by atomic mass is 16.4. The molecule has 4 nitrogen and oxygen atoms in total. The molecule has 0 saturated carbocycles. The molecule has 2 N–H and O–H groups in total. The lowest BCUT2D eigenvalue weighted by atomic mass is 10.0. The van der Waals surface area contributed by atoms with Gasteiger partial charge in [0.25, 0.3) is 0 Å². The third kappa shape index (κ3) is 7.26. The van der Waals surface area contributed by atoms with E-state index in [1.165, 1.54) is 0 Å². The van der Waals surface area contributed by atoms with Crippen LogP contribution in [0, 0.1) is 11.8 Å². The molecule has 0 aromatic carbocycles. The molecule has 16 heavy (non-hydrogen) atoms. The summed E-state index contributed by atoms with van der Waals surface area (Å²) < 4.78 is 0. The minimum atomic E-state index is -0.772. The van der Waals surface area contributed by atoms with Gasteiger partial charge >= 0.3 is 5.97 Å². The molecule has 2 atom stereocenters. The van der Waals surface area contributed by atoms with Crippen LogP contribution in [0.15, 0.2) is 0 Å². The molecule has 4 heteroatoms. The Hall–Kier alpha value is -1.06. The van der Waals surface area contributed by atoms with E-state index in [9.17, 15) is 9.59 Å². The van der Waals surface area contributed by atoms with Gasteiger partial charge in [-0.3, -0.25) is 9.59 Å². The third-order valence-electron chi connectivity index (χ3n) is 2.79. The molecule has 0 spiro atoms. The van der Waals surface area contributed by atoms with Gasteiger partial charge in [0.05, 0.1) is 5.92 Å². The quantitative estimate of drug-likeness (QED) is 0.626. The SMILES string of the molecule is CCC(C)CC(=O)NCCCC(C)C(=O)O. The summed E-state index contributed by atoms with van der Waals surface area (Å²) in [6.07, 6.45) is 2.90. The summed E-state index contributed by atoms with van der Waals surface area (Å²) >= 11 is 0. The van der Waals surface area contributed by atoms with Crippen molar-refractivity contribution in [1.82, 2.24) is 5.32 Å². The number of aliphatic carboxylic acids is 1. The van der Waals surface area contributed by atoms with Gasteiger partial charge in [0.1, 0.15) is 0 Å². The van der Waals surface area contributed by atoms with Crippen molar-refractivity contribution in [2.24, 2.45) is 11.8 Å². The van der Waals surface area contributed by atoms with Crippen LogP contribution in [-0.2, 0) is 9.59 Å². The number of amides is 1. The Morgan fingerprint density at radius 2 is 1.94 bits per heavy atom. The second-order valence-electron chi connectivity index (χ2n) is 4.45. The molecule has 0 aromatic heterocycles. The zero-order valence-electron chi connectivity index (χ0n) is 10.5. The smallest absolute Gasteiger partial charge is 0.306 e. The van der Waals surface area contributed by atoms with Crippen LogP contribution in [0.25, 0.3) is 0 Å². The zero-order chi connectivity index (χ0) is 12.6. The van der Waals surface area contributed by atoms with E-state index in [0.29, 0.717) is 25.3 Å². The Morgan fingerprint density at radius 1 is 1.31 bits per heavy atom. The highest BCUT2D eigenvalue weighted by Crippen LogP contribution is 2.06. The molecule has 1 amide bonds. The first kappa shape index (κ1) is 14.9. The summed E-state index contributed by atoms with van der Waals surface area (Å²) in [6, 6.07) is 0. The maximum absolute atomic E-state index is 11.4. The topological polar surface area (TPSA) is 66.4 Å². The monoisotopic (exact) mass is 229 g/mol. The molecular weight excluding hydrogens is 206 g/mol. The lowest BCUT2D eigenvalue weighted by molar-refractivity contribution is -0.141. The number of hydrogen-bond donors (Lipinski definition) is 2. The molecule has 0 aliphatic rings. The maximum Gasteiger partial charge on any atom is 0.306 e. The fourth-order valence-corrected chi connectivity index (χ4v) is 1.29. The normalized spacial score (nSPS) is 14.2.